The number of hydrogen-bond donors (Lipinski definition) is 1. The lowest BCUT2D eigenvalue weighted by Gasteiger charge is -2.31. The molecule has 42 heavy (non-hydrogen) atoms. The number of imidazole rings is 1. The van der Waals surface area contributed by atoms with Crippen molar-refractivity contribution in [2.24, 2.45) is 7.05 Å². The van der Waals surface area contributed by atoms with Crippen LogP contribution in [0, 0.1) is 23.0 Å². The quantitative estimate of drug-likeness (QED) is 0.262. The van der Waals surface area contributed by atoms with Crippen LogP contribution in [-0.2, 0) is 20.2 Å². The number of carbonyl (C=O) groups is 1. The highest BCUT2D eigenvalue weighted by Gasteiger charge is 2.25. The van der Waals surface area contributed by atoms with Crippen molar-refractivity contribution in [3.63, 3.8) is 0 Å². The fourth-order valence-corrected chi connectivity index (χ4v) is 4.99. The van der Waals surface area contributed by atoms with E-state index in [1.807, 2.05) is 6.07 Å². The van der Waals surface area contributed by atoms with Gasteiger partial charge >= 0.3 is 12.6 Å². The second-order valence-corrected chi connectivity index (χ2v) is 9.89. The van der Waals surface area contributed by atoms with Crippen LogP contribution in [0.4, 0.5) is 17.6 Å². The highest BCUT2D eigenvalue weighted by molar-refractivity contribution is 5.95. The number of likely N-dealkylation sites (tertiary alicyclic amines) is 1. The van der Waals surface area contributed by atoms with Crippen molar-refractivity contribution in [3.05, 3.63) is 82.3 Å². The number of nitrogens with zero attached hydrogens (tertiary/aromatic N) is 5. The van der Waals surface area contributed by atoms with Gasteiger partial charge in [-0.15, -0.1) is 0 Å². The molecule has 13 heteroatoms. The van der Waals surface area contributed by atoms with Crippen molar-refractivity contribution in [2.45, 2.75) is 38.5 Å². The Bertz CT molecular complexity index is 1680. The third kappa shape index (κ3) is 6.13. The van der Waals surface area contributed by atoms with E-state index in [0.717, 1.165) is 12.1 Å². The maximum Gasteiger partial charge on any atom is 0.387 e. The number of halogens is 4. The lowest BCUT2D eigenvalue weighted by Crippen LogP contribution is -2.33. The summed E-state index contributed by atoms with van der Waals surface area (Å²) in [7, 11) is 1.68. The van der Waals surface area contributed by atoms with Crippen LogP contribution in [0.1, 0.15) is 51.8 Å². The third-order valence-electron chi connectivity index (χ3n) is 7.26. The molecule has 0 unspecified atom stereocenters. The molecule has 0 radical (unpaired) electrons. The predicted molar refractivity (Wildman–Crippen MR) is 141 cm³/mol. The maximum atomic E-state index is 14.4. The number of nitriles is 1. The van der Waals surface area contributed by atoms with Gasteiger partial charge in [0.15, 0.2) is 11.6 Å². The van der Waals surface area contributed by atoms with Crippen LogP contribution in [0.3, 0.4) is 0 Å². The number of alkyl halides is 2. The summed E-state index contributed by atoms with van der Waals surface area (Å²) in [5.41, 5.74) is 1.30. The largest absolute Gasteiger partial charge is 0.478 e. The van der Waals surface area contributed by atoms with Gasteiger partial charge in [0.2, 0.25) is 0 Å². The molecule has 1 N–H and O–H groups in total. The molecule has 4 aromatic rings. The SMILES string of the molecule is Cn1c(CN2CCC(c3ccc(F)c(OCc4ccc(C#N)cc4F)n3)CC2)nc2c(OC(F)F)cc(C(=O)O)cc21. The number of hydrogen-bond acceptors (Lipinski definition) is 7. The van der Waals surface area contributed by atoms with Crippen molar-refractivity contribution >= 4 is 17.0 Å². The van der Waals surface area contributed by atoms with Gasteiger partial charge in [-0.25, -0.2) is 23.5 Å². The van der Waals surface area contributed by atoms with Crippen LogP contribution in [-0.4, -0.2) is 50.2 Å². The number of piperidine rings is 1. The number of ether oxygens (including phenoxy) is 2. The van der Waals surface area contributed by atoms with Gasteiger partial charge in [0.25, 0.3) is 5.88 Å². The number of aromatic nitrogens is 3. The summed E-state index contributed by atoms with van der Waals surface area (Å²) in [6.45, 7) is -1.72. The van der Waals surface area contributed by atoms with Crippen molar-refractivity contribution in [1.29, 1.82) is 5.26 Å². The molecule has 5 rings (SSSR count). The summed E-state index contributed by atoms with van der Waals surface area (Å²) in [6, 6.07) is 11.1. The fourth-order valence-electron chi connectivity index (χ4n) is 4.99. The van der Waals surface area contributed by atoms with Crippen LogP contribution < -0.4 is 9.47 Å². The minimum absolute atomic E-state index is 0.0143. The first-order valence-corrected chi connectivity index (χ1v) is 13.0. The van der Waals surface area contributed by atoms with Crippen LogP contribution in [0.2, 0.25) is 0 Å². The van der Waals surface area contributed by atoms with E-state index in [4.69, 9.17) is 10.00 Å². The average molecular weight is 584 g/mol. The molecule has 0 atom stereocenters. The van der Waals surface area contributed by atoms with E-state index in [-0.39, 0.29) is 46.4 Å². The van der Waals surface area contributed by atoms with Crippen LogP contribution >= 0.6 is 0 Å². The number of aryl methyl sites for hydroxylation is 1. The van der Waals surface area contributed by atoms with E-state index < -0.39 is 24.2 Å². The molecule has 3 heterocycles. The average Bonchev–Trinajstić information content (AvgIpc) is 3.28. The molecule has 0 bridgehead atoms. The summed E-state index contributed by atoms with van der Waals surface area (Å²) in [5, 5.41) is 18.3. The molecule has 0 saturated carbocycles. The summed E-state index contributed by atoms with van der Waals surface area (Å²) in [4.78, 5) is 22.5. The molecule has 1 aliphatic rings. The molecular formula is C29H25F4N5O4. The highest BCUT2D eigenvalue weighted by atomic mass is 19.3. The minimum Gasteiger partial charge on any atom is -0.478 e. The molecule has 0 amide bonds. The smallest absolute Gasteiger partial charge is 0.387 e. The normalized spacial score (nSPS) is 14.3. The van der Waals surface area contributed by atoms with Crippen LogP contribution in [0.5, 0.6) is 11.6 Å². The Labute approximate surface area is 237 Å². The lowest BCUT2D eigenvalue weighted by molar-refractivity contribution is -0.0489. The van der Waals surface area contributed by atoms with Gasteiger partial charge < -0.3 is 19.1 Å². The van der Waals surface area contributed by atoms with Gasteiger partial charge in [0, 0.05) is 24.2 Å². The van der Waals surface area contributed by atoms with E-state index in [0.29, 0.717) is 49.5 Å². The van der Waals surface area contributed by atoms with Crippen LogP contribution in [0.15, 0.2) is 42.5 Å². The van der Waals surface area contributed by atoms with Gasteiger partial charge in [-0.3, -0.25) is 4.90 Å². The first-order chi connectivity index (χ1) is 20.1. The van der Waals surface area contributed by atoms with E-state index in [1.165, 1.54) is 24.3 Å². The molecular weight excluding hydrogens is 558 g/mol. The zero-order valence-corrected chi connectivity index (χ0v) is 22.4. The molecule has 2 aromatic carbocycles. The summed E-state index contributed by atoms with van der Waals surface area (Å²) < 4.78 is 66.3. The van der Waals surface area contributed by atoms with Gasteiger partial charge in [-0.2, -0.15) is 14.0 Å². The number of carboxylic acid groups (broad SMARTS) is 1. The zero-order chi connectivity index (χ0) is 30.0. The monoisotopic (exact) mass is 583 g/mol. The number of aromatic carboxylic acids is 1. The molecule has 0 spiro atoms. The van der Waals surface area contributed by atoms with E-state index >= 15 is 0 Å². The maximum absolute atomic E-state index is 14.4. The second-order valence-electron chi connectivity index (χ2n) is 9.89. The standard InChI is InChI=1S/C29H25F4N5O4/c1-37-23-11-19(28(39)40)12-24(42-29(32)33)26(23)36-25(37)14-38-8-6-17(7-9-38)22-5-4-20(30)27(35-22)41-15-18-3-2-16(13-34)10-21(18)31/h2-5,10-12,17,29H,6-9,14-15H2,1H3,(H,39,40). The van der Waals surface area contributed by atoms with Crippen molar-refractivity contribution in [3.8, 4) is 17.7 Å². The Morgan fingerprint density at radius 1 is 1.12 bits per heavy atom. The summed E-state index contributed by atoms with van der Waals surface area (Å²) in [6.07, 6.45) is 1.38. The van der Waals surface area contributed by atoms with Gasteiger partial charge in [0.05, 0.1) is 29.3 Å². The predicted octanol–water partition coefficient (Wildman–Crippen LogP) is 5.38. The number of rotatable bonds is 9. The third-order valence-corrected chi connectivity index (χ3v) is 7.26. The van der Waals surface area contributed by atoms with Crippen molar-refractivity contribution in [1.82, 2.24) is 19.4 Å². The zero-order valence-electron chi connectivity index (χ0n) is 22.4. The molecule has 9 nitrogen and oxygen atoms in total. The van der Waals surface area contributed by atoms with Gasteiger partial charge in [-0.05, 0) is 62.3 Å². The Balaban J connectivity index is 1.25. The lowest BCUT2D eigenvalue weighted by atomic mass is 9.93. The van der Waals surface area contributed by atoms with E-state index in [1.54, 1.807) is 17.7 Å². The molecule has 1 saturated heterocycles. The first kappa shape index (κ1) is 28.8. The number of carboxylic acids is 1. The van der Waals surface area contributed by atoms with Crippen molar-refractivity contribution in [2.75, 3.05) is 13.1 Å². The Morgan fingerprint density at radius 2 is 1.88 bits per heavy atom. The Hall–Kier alpha value is -4.70. The molecule has 1 aliphatic heterocycles. The fraction of sp³-hybridized carbons (Fsp3) is 0.310. The van der Waals surface area contributed by atoms with Gasteiger partial charge in [0.1, 0.15) is 23.8 Å². The minimum atomic E-state index is -3.13. The summed E-state index contributed by atoms with van der Waals surface area (Å²) >= 11 is 0. The Kier molecular flexibility index (Phi) is 8.26. The second kappa shape index (κ2) is 12.0. The van der Waals surface area contributed by atoms with E-state index in [9.17, 15) is 27.5 Å². The number of fused-ring (bicyclic) bond motifs is 1. The molecule has 1 fully saturated rings. The summed E-state index contributed by atoms with van der Waals surface area (Å²) in [5.74, 6) is -2.54. The number of pyridine rings is 1. The topological polar surface area (TPSA) is 114 Å². The van der Waals surface area contributed by atoms with Crippen LogP contribution in [0.25, 0.3) is 11.0 Å². The number of benzene rings is 2. The molecule has 2 aromatic heterocycles. The first-order valence-electron chi connectivity index (χ1n) is 13.0. The Morgan fingerprint density at radius 3 is 2.55 bits per heavy atom. The molecule has 0 aliphatic carbocycles. The van der Waals surface area contributed by atoms with Crippen molar-refractivity contribution < 1.29 is 36.9 Å². The van der Waals surface area contributed by atoms with Gasteiger partial charge in [-0.1, -0.05) is 6.07 Å². The van der Waals surface area contributed by atoms with E-state index in [2.05, 4.69) is 19.6 Å². The highest BCUT2D eigenvalue weighted by Crippen LogP contribution is 2.32. The molecule has 218 valence electrons.